The van der Waals surface area contributed by atoms with E-state index in [9.17, 15) is 9.59 Å². The van der Waals surface area contributed by atoms with Crippen molar-refractivity contribution in [2.24, 2.45) is 5.92 Å². The maximum Gasteiger partial charge on any atom is 0.252 e. The summed E-state index contributed by atoms with van der Waals surface area (Å²) in [5.74, 6) is 1.63. The van der Waals surface area contributed by atoms with Crippen LogP contribution in [0.5, 0.6) is 0 Å². The minimum atomic E-state index is -0.216. The van der Waals surface area contributed by atoms with Gasteiger partial charge in [-0.15, -0.1) is 0 Å². The second-order valence-electron chi connectivity index (χ2n) is 7.05. The molecule has 24 heavy (non-hydrogen) atoms. The summed E-state index contributed by atoms with van der Waals surface area (Å²) in [4.78, 5) is 31.4. The van der Waals surface area contributed by atoms with Crippen LogP contribution in [0.3, 0.4) is 0 Å². The van der Waals surface area contributed by atoms with Gasteiger partial charge in [0, 0.05) is 24.0 Å². The highest BCUT2D eigenvalue weighted by atomic mass is 16.2. The van der Waals surface area contributed by atoms with E-state index in [1.807, 2.05) is 19.9 Å². The summed E-state index contributed by atoms with van der Waals surface area (Å²) in [5, 5.41) is 7.53. The van der Waals surface area contributed by atoms with Crippen LogP contribution in [0.25, 0.3) is 5.95 Å². The van der Waals surface area contributed by atoms with E-state index in [1.165, 1.54) is 6.07 Å². The molecular formula is C17H21N5O2. The van der Waals surface area contributed by atoms with Crippen molar-refractivity contribution in [2.75, 3.05) is 5.32 Å². The summed E-state index contributed by atoms with van der Waals surface area (Å²) in [6.45, 7) is 3.97. The molecule has 0 unspecified atom stereocenters. The van der Waals surface area contributed by atoms with Crippen molar-refractivity contribution in [2.45, 2.75) is 51.4 Å². The Bertz CT molecular complexity index is 843. The Morgan fingerprint density at radius 2 is 2.04 bits per heavy atom. The van der Waals surface area contributed by atoms with Crippen molar-refractivity contribution >= 4 is 11.7 Å². The lowest BCUT2D eigenvalue weighted by Gasteiger charge is -2.10. The summed E-state index contributed by atoms with van der Waals surface area (Å²) >= 11 is 0. The zero-order valence-corrected chi connectivity index (χ0v) is 13.9. The normalized spacial score (nSPS) is 17.3. The van der Waals surface area contributed by atoms with Gasteiger partial charge >= 0.3 is 0 Å². The highest BCUT2D eigenvalue weighted by molar-refractivity contribution is 5.93. The highest BCUT2D eigenvalue weighted by Gasteiger charge is 2.32. The number of aromatic nitrogens is 4. The Balaban J connectivity index is 1.75. The lowest BCUT2D eigenvalue weighted by Crippen LogP contribution is -2.20. The molecule has 0 bridgehead atoms. The second kappa shape index (κ2) is 5.58. The van der Waals surface area contributed by atoms with E-state index < -0.39 is 0 Å². The second-order valence-corrected chi connectivity index (χ2v) is 7.05. The summed E-state index contributed by atoms with van der Waals surface area (Å²) in [6, 6.07) is 3.40. The van der Waals surface area contributed by atoms with Crippen LogP contribution in [0.1, 0.15) is 62.8 Å². The fourth-order valence-electron chi connectivity index (χ4n) is 2.66. The van der Waals surface area contributed by atoms with E-state index in [0.29, 0.717) is 23.4 Å². The first kappa shape index (κ1) is 15.1. The molecule has 0 radical (unpaired) electrons. The molecule has 2 aromatic rings. The van der Waals surface area contributed by atoms with Crippen LogP contribution in [0, 0.1) is 5.92 Å². The molecular weight excluding hydrogens is 306 g/mol. The maximum atomic E-state index is 12.2. The third kappa shape index (κ3) is 2.98. The minimum Gasteiger partial charge on any atom is -0.310 e. The molecule has 1 amide bonds. The predicted molar refractivity (Wildman–Crippen MR) is 89.4 cm³/mol. The Labute approximate surface area is 139 Å². The highest BCUT2D eigenvalue weighted by Crippen LogP contribution is 2.40. The number of aromatic amines is 1. The molecule has 2 N–H and O–H groups in total. The van der Waals surface area contributed by atoms with E-state index in [2.05, 4.69) is 20.4 Å². The summed E-state index contributed by atoms with van der Waals surface area (Å²) < 4.78 is 1.56. The van der Waals surface area contributed by atoms with Crippen molar-refractivity contribution < 1.29 is 4.79 Å². The van der Waals surface area contributed by atoms with Crippen molar-refractivity contribution in [3.8, 4) is 5.95 Å². The van der Waals surface area contributed by atoms with Crippen molar-refractivity contribution in [3.63, 3.8) is 0 Å². The third-order valence-electron chi connectivity index (χ3n) is 4.46. The van der Waals surface area contributed by atoms with Gasteiger partial charge < -0.3 is 5.32 Å². The number of hydrogen-bond acceptors (Lipinski definition) is 4. The molecule has 0 aromatic carbocycles. The molecule has 0 atom stereocenters. The van der Waals surface area contributed by atoms with Crippen LogP contribution >= 0.6 is 0 Å². The van der Waals surface area contributed by atoms with Crippen LogP contribution in [-0.2, 0) is 4.79 Å². The molecule has 4 rings (SSSR count). The predicted octanol–water partition coefficient (Wildman–Crippen LogP) is 2.30. The zero-order valence-electron chi connectivity index (χ0n) is 13.9. The van der Waals surface area contributed by atoms with E-state index in [0.717, 1.165) is 31.4 Å². The van der Waals surface area contributed by atoms with Gasteiger partial charge in [0.05, 0.1) is 11.4 Å². The molecule has 2 aliphatic rings. The molecule has 126 valence electrons. The molecule has 2 aromatic heterocycles. The van der Waals surface area contributed by atoms with Crippen LogP contribution in [0.2, 0.25) is 0 Å². The lowest BCUT2D eigenvalue weighted by atomic mass is 10.1. The van der Waals surface area contributed by atoms with Gasteiger partial charge in [0.15, 0.2) is 0 Å². The largest absolute Gasteiger partial charge is 0.310 e. The molecule has 0 saturated heterocycles. The van der Waals surface area contributed by atoms with Gasteiger partial charge in [-0.1, -0.05) is 13.8 Å². The molecule has 0 aliphatic heterocycles. The van der Waals surface area contributed by atoms with Gasteiger partial charge in [-0.3, -0.25) is 14.6 Å². The Morgan fingerprint density at radius 1 is 1.29 bits per heavy atom. The van der Waals surface area contributed by atoms with Crippen molar-refractivity contribution in [3.05, 3.63) is 33.9 Å². The fraction of sp³-hybridized carbons (Fsp3) is 0.529. The number of hydrogen-bond donors (Lipinski definition) is 2. The van der Waals surface area contributed by atoms with E-state index in [4.69, 9.17) is 0 Å². The fourth-order valence-corrected chi connectivity index (χ4v) is 2.66. The van der Waals surface area contributed by atoms with Gasteiger partial charge in [-0.25, -0.2) is 4.98 Å². The molecule has 2 saturated carbocycles. The van der Waals surface area contributed by atoms with Crippen molar-refractivity contribution in [1.29, 1.82) is 0 Å². The Morgan fingerprint density at radius 3 is 2.67 bits per heavy atom. The van der Waals surface area contributed by atoms with E-state index >= 15 is 0 Å². The summed E-state index contributed by atoms with van der Waals surface area (Å²) in [6.07, 6.45) is 4.10. The van der Waals surface area contributed by atoms with Crippen LogP contribution < -0.4 is 10.9 Å². The van der Waals surface area contributed by atoms with Crippen LogP contribution in [0.15, 0.2) is 16.9 Å². The van der Waals surface area contributed by atoms with Gasteiger partial charge in [0.1, 0.15) is 5.82 Å². The number of nitrogens with zero attached hydrogens (tertiary/aromatic N) is 3. The molecule has 7 nitrogen and oxygen atoms in total. The smallest absolute Gasteiger partial charge is 0.252 e. The molecule has 2 aliphatic carbocycles. The monoisotopic (exact) mass is 327 g/mol. The van der Waals surface area contributed by atoms with Gasteiger partial charge in [-0.05, 0) is 31.6 Å². The molecule has 0 spiro atoms. The number of H-pyrrole nitrogens is 1. The summed E-state index contributed by atoms with van der Waals surface area (Å²) in [5.41, 5.74) is 1.43. The SMILES string of the molecule is CC(C)c1cc(=O)[nH]c(-n2nc(C3CC3)cc2NC(=O)C2CC2)n1. The lowest BCUT2D eigenvalue weighted by molar-refractivity contribution is -0.117. The third-order valence-corrected chi connectivity index (χ3v) is 4.46. The first-order chi connectivity index (χ1) is 11.5. The quantitative estimate of drug-likeness (QED) is 0.881. The Kier molecular flexibility index (Phi) is 3.51. The molecule has 2 fully saturated rings. The topological polar surface area (TPSA) is 92.7 Å². The number of rotatable bonds is 5. The summed E-state index contributed by atoms with van der Waals surface area (Å²) in [7, 11) is 0. The number of anilines is 1. The first-order valence-electron chi connectivity index (χ1n) is 8.53. The van der Waals surface area contributed by atoms with Gasteiger partial charge in [0.25, 0.3) is 5.56 Å². The average molecular weight is 327 g/mol. The van der Waals surface area contributed by atoms with Gasteiger partial charge in [0.2, 0.25) is 11.9 Å². The van der Waals surface area contributed by atoms with Crippen molar-refractivity contribution in [1.82, 2.24) is 19.7 Å². The van der Waals surface area contributed by atoms with E-state index in [1.54, 1.807) is 4.68 Å². The molecule has 2 heterocycles. The van der Waals surface area contributed by atoms with Gasteiger partial charge in [-0.2, -0.15) is 9.78 Å². The number of carbonyl (C=O) groups is 1. The number of amides is 1. The first-order valence-corrected chi connectivity index (χ1v) is 8.53. The number of carbonyl (C=O) groups excluding carboxylic acids is 1. The maximum absolute atomic E-state index is 12.2. The standard InChI is InChI=1S/C17H21N5O2/c1-9(2)12-8-15(23)20-17(18-12)22-14(19-16(24)11-5-6-11)7-13(21-22)10-3-4-10/h7-11H,3-6H2,1-2H3,(H,19,24)(H,18,20,23). The van der Waals surface area contributed by atoms with E-state index in [-0.39, 0.29) is 23.3 Å². The number of nitrogens with one attached hydrogen (secondary N) is 2. The van der Waals surface area contributed by atoms with Crippen LogP contribution in [0.4, 0.5) is 5.82 Å². The average Bonchev–Trinajstić information content (AvgIpc) is 3.43. The minimum absolute atomic E-state index is 0.0147. The Hall–Kier alpha value is -2.44. The zero-order chi connectivity index (χ0) is 16.8. The molecule has 7 heteroatoms. The van der Waals surface area contributed by atoms with Crippen LogP contribution in [-0.4, -0.2) is 25.7 Å².